The molecular formula is C14H24ClNS. The summed E-state index contributed by atoms with van der Waals surface area (Å²) in [5, 5.41) is 3.41. The molecule has 17 heavy (non-hydrogen) atoms. The van der Waals surface area contributed by atoms with E-state index in [1.54, 1.807) is 11.3 Å². The molecule has 0 amide bonds. The lowest BCUT2D eigenvalue weighted by atomic mass is 10.0. The van der Waals surface area contributed by atoms with Gasteiger partial charge in [-0.1, -0.05) is 50.6 Å². The summed E-state index contributed by atoms with van der Waals surface area (Å²) < 4.78 is 0.901. The minimum atomic E-state index is 0.603. The van der Waals surface area contributed by atoms with E-state index in [1.807, 2.05) is 6.07 Å². The van der Waals surface area contributed by atoms with Gasteiger partial charge >= 0.3 is 0 Å². The van der Waals surface area contributed by atoms with Crippen molar-refractivity contribution in [2.75, 3.05) is 7.05 Å². The number of thiophene rings is 1. The third-order valence-corrected chi connectivity index (χ3v) is 4.39. The summed E-state index contributed by atoms with van der Waals surface area (Å²) in [6.45, 7) is 2.26. The van der Waals surface area contributed by atoms with Gasteiger partial charge in [-0.05, 0) is 32.0 Å². The monoisotopic (exact) mass is 273 g/mol. The highest BCUT2D eigenvalue weighted by Gasteiger charge is 2.08. The molecule has 0 radical (unpaired) electrons. The van der Waals surface area contributed by atoms with E-state index >= 15 is 0 Å². The van der Waals surface area contributed by atoms with Crippen molar-refractivity contribution in [3.8, 4) is 0 Å². The third kappa shape index (κ3) is 6.44. The molecule has 0 saturated heterocycles. The Bertz CT molecular complexity index is 298. The Kier molecular flexibility index (Phi) is 7.91. The highest BCUT2D eigenvalue weighted by molar-refractivity contribution is 7.16. The van der Waals surface area contributed by atoms with Gasteiger partial charge in [-0.3, -0.25) is 0 Å². The van der Waals surface area contributed by atoms with Gasteiger partial charge in [0.2, 0.25) is 0 Å². The van der Waals surface area contributed by atoms with Crippen molar-refractivity contribution in [2.45, 2.75) is 57.9 Å². The van der Waals surface area contributed by atoms with Crippen LogP contribution in [0.15, 0.2) is 12.1 Å². The average molecular weight is 274 g/mol. The topological polar surface area (TPSA) is 12.0 Å². The summed E-state index contributed by atoms with van der Waals surface area (Å²) in [6.07, 6.45) is 9.19. The molecule has 1 atom stereocenters. The minimum absolute atomic E-state index is 0.603. The molecule has 1 aromatic heterocycles. The first-order valence-corrected chi connectivity index (χ1v) is 7.87. The van der Waals surface area contributed by atoms with Gasteiger partial charge in [0.25, 0.3) is 0 Å². The van der Waals surface area contributed by atoms with Gasteiger partial charge in [0.05, 0.1) is 4.34 Å². The molecule has 3 heteroatoms. The Morgan fingerprint density at radius 2 is 2.00 bits per heavy atom. The first kappa shape index (κ1) is 15.0. The van der Waals surface area contributed by atoms with Crippen molar-refractivity contribution >= 4 is 22.9 Å². The van der Waals surface area contributed by atoms with Crippen LogP contribution in [0, 0.1) is 0 Å². The van der Waals surface area contributed by atoms with Crippen molar-refractivity contribution in [3.63, 3.8) is 0 Å². The van der Waals surface area contributed by atoms with E-state index in [0.29, 0.717) is 6.04 Å². The van der Waals surface area contributed by atoms with Crippen molar-refractivity contribution in [1.82, 2.24) is 5.32 Å². The van der Waals surface area contributed by atoms with Crippen LogP contribution in [0.2, 0.25) is 4.34 Å². The number of hydrogen-bond donors (Lipinski definition) is 1. The lowest BCUT2D eigenvalue weighted by molar-refractivity contribution is 0.484. The molecule has 0 aliphatic rings. The summed E-state index contributed by atoms with van der Waals surface area (Å²) in [4.78, 5) is 1.39. The standard InChI is InChI=1S/C14H24ClNS/c1-3-4-5-6-7-8-12(16-2)11-13-9-10-14(15)17-13/h9-10,12,16H,3-8,11H2,1-2H3. The summed E-state index contributed by atoms with van der Waals surface area (Å²) in [6, 6.07) is 4.75. The Balaban J connectivity index is 2.19. The number of hydrogen-bond acceptors (Lipinski definition) is 2. The van der Waals surface area contributed by atoms with Crippen LogP contribution in [0.4, 0.5) is 0 Å². The lowest BCUT2D eigenvalue weighted by Crippen LogP contribution is -2.27. The maximum atomic E-state index is 5.95. The summed E-state index contributed by atoms with van der Waals surface area (Å²) in [5.41, 5.74) is 0. The number of likely N-dealkylation sites (N-methyl/N-ethyl adjacent to an activating group) is 1. The average Bonchev–Trinajstić information content (AvgIpc) is 2.73. The second-order valence-electron chi connectivity index (χ2n) is 4.60. The number of halogens is 1. The van der Waals surface area contributed by atoms with Crippen molar-refractivity contribution in [3.05, 3.63) is 21.3 Å². The predicted molar refractivity (Wildman–Crippen MR) is 79.3 cm³/mol. The smallest absolute Gasteiger partial charge is 0.0931 e. The van der Waals surface area contributed by atoms with Gasteiger partial charge in [0.1, 0.15) is 0 Å². The van der Waals surface area contributed by atoms with Crippen LogP contribution >= 0.6 is 22.9 Å². The van der Waals surface area contributed by atoms with Crippen molar-refractivity contribution in [1.29, 1.82) is 0 Å². The molecule has 1 aromatic rings. The summed E-state index contributed by atoms with van der Waals surface area (Å²) in [7, 11) is 2.06. The fraction of sp³-hybridized carbons (Fsp3) is 0.714. The Hall–Kier alpha value is -0.0500. The van der Waals surface area contributed by atoms with Crippen LogP contribution in [0.25, 0.3) is 0 Å². The predicted octanol–water partition coefficient (Wildman–Crippen LogP) is 4.89. The second-order valence-corrected chi connectivity index (χ2v) is 6.40. The Labute approximate surface area is 115 Å². The first-order chi connectivity index (χ1) is 8.26. The molecule has 1 unspecified atom stereocenters. The molecule has 0 bridgehead atoms. The molecule has 0 saturated carbocycles. The maximum absolute atomic E-state index is 5.95. The highest BCUT2D eigenvalue weighted by Crippen LogP contribution is 2.23. The van der Waals surface area contributed by atoms with Crippen LogP contribution in [0.1, 0.15) is 50.3 Å². The molecule has 0 aromatic carbocycles. The molecule has 1 heterocycles. The van der Waals surface area contributed by atoms with Gasteiger partial charge in [-0.25, -0.2) is 0 Å². The molecule has 0 spiro atoms. The fourth-order valence-electron chi connectivity index (χ4n) is 2.05. The first-order valence-electron chi connectivity index (χ1n) is 6.67. The maximum Gasteiger partial charge on any atom is 0.0931 e. The second kappa shape index (κ2) is 8.96. The van der Waals surface area contributed by atoms with Crippen molar-refractivity contribution in [2.24, 2.45) is 0 Å². The molecule has 1 N–H and O–H groups in total. The molecule has 0 aliphatic carbocycles. The molecule has 1 rings (SSSR count). The molecule has 98 valence electrons. The van der Waals surface area contributed by atoms with E-state index in [2.05, 4.69) is 25.4 Å². The third-order valence-electron chi connectivity index (χ3n) is 3.14. The largest absolute Gasteiger partial charge is 0.317 e. The summed E-state index contributed by atoms with van der Waals surface area (Å²) in [5.74, 6) is 0. The minimum Gasteiger partial charge on any atom is -0.317 e. The lowest BCUT2D eigenvalue weighted by Gasteiger charge is -2.14. The zero-order valence-corrected chi connectivity index (χ0v) is 12.5. The van der Waals surface area contributed by atoms with Crippen LogP contribution in [-0.4, -0.2) is 13.1 Å². The van der Waals surface area contributed by atoms with E-state index in [0.717, 1.165) is 10.8 Å². The molecule has 0 aliphatic heterocycles. The van der Waals surface area contributed by atoms with Crippen LogP contribution in [-0.2, 0) is 6.42 Å². The Morgan fingerprint density at radius 3 is 2.59 bits per heavy atom. The van der Waals surface area contributed by atoms with E-state index < -0.39 is 0 Å². The van der Waals surface area contributed by atoms with E-state index in [4.69, 9.17) is 11.6 Å². The van der Waals surface area contributed by atoms with E-state index in [1.165, 1.54) is 43.4 Å². The van der Waals surface area contributed by atoms with Gasteiger partial charge in [0, 0.05) is 10.9 Å². The van der Waals surface area contributed by atoms with Crippen LogP contribution in [0.5, 0.6) is 0 Å². The molecule has 1 nitrogen and oxygen atoms in total. The quantitative estimate of drug-likeness (QED) is 0.632. The number of rotatable bonds is 9. The Morgan fingerprint density at radius 1 is 1.24 bits per heavy atom. The van der Waals surface area contributed by atoms with Gasteiger partial charge in [-0.2, -0.15) is 0 Å². The molecular weight excluding hydrogens is 250 g/mol. The van der Waals surface area contributed by atoms with E-state index in [-0.39, 0.29) is 0 Å². The zero-order valence-electron chi connectivity index (χ0n) is 11.0. The number of unbranched alkanes of at least 4 members (excludes halogenated alkanes) is 4. The fourth-order valence-corrected chi connectivity index (χ4v) is 3.21. The van der Waals surface area contributed by atoms with E-state index in [9.17, 15) is 0 Å². The highest BCUT2D eigenvalue weighted by atomic mass is 35.5. The molecule has 0 fully saturated rings. The van der Waals surface area contributed by atoms with Gasteiger partial charge in [0.15, 0.2) is 0 Å². The van der Waals surface area contributed by atoms with Crippen LogP contribution in [0.3, 0.4) is 0 Å². The van der Waals surface area contributed by atoms with Gasteiger partial charge in [-0.15, -0.1) is 11.3 Å². The van der Waals surface area contributed by atoms with Crippen molar-refractivity contribution < 1.29 is 0 Å². The zero-order chi connectivity index (χ0) is 12.5. The number of nitrogens with one attached hydrogen (secondary N) is 1. The normalized spacial score (nSPS) is 12.9. The summed E-state index contributed by atoms with van der Waals surface area (Å²) >= 11 is 7.65. The SMILES string of the molecule is CCCCCCCC(Cc1ccc(Cl)s1)NC. The van der Waals surface area contributed by atoms with Gasteiger partial charge < -0.3 is 5.32 Å². The van der Waals surface area contributed by atoms with Crippen LogP contribution < -0.4 is 5.32 Å².